The van der Waals surface area contributed by atoms with Crippen LogP contribution in [0.1, 0.15) is 24.3 Å². The molecule has 0 spiro atoms. The number of ether oxygens (including phenoxy) is 1. The molecule has 0 aliphatic carbocycles. The van der Waals surface area contributed by atoms with Crippen LogP contribution >= 0.6 is 15.9 Å². The molecule has 1 aliphatic heterocycles. The summed E-state index contributed by atoms with van der Waals surface area (Å²) >= 11 is 3.38. The first-order valence-corrected chi connectivity index (χ1v) is 7.62. The first-order valence-electron chi connectivity index (χ1n) is 6.83. The molecule has 5 nitrogen and oxygen atoms in total. The van der Waals surface area contributed by atoms with Crippen molar-refractivity contribution >= 4 is 21.8 Å². The molecule has 1 aliphatic rings. The summed E-state index contributed by atoms with van der Waals surface area (Å²) in [5.41, 5.74) is 0.594. The van der Waals surface area contributed by atoms with E-state index in [0.717, 1.165) is 30.8 Å². The van der Waals surface area contributed by atoms with Gasteiger partial charge in [0.05, 0.1) is 13.2 Å². The second-order valence-electron chi connectivity index (χ2n) is 5.75. The third-order valence-electron chi connectivity index (χ3n) is 3.75. The van der Waals surface area contributed by atoms with E-state index >= 15 is 0 Å². The van der Waals surface area contributed by atoms with Gasteiger partial charge in [-0.05, 0) is 35.8 Å². The number of rotatable bonds is 4. The smallest absolute Gasteiger partial charge is 0.267 e. The number of aryl methyl sites for hydroxylation is 1. The average molecular weight is 344 g/mol. The first kappa shape index (κ1) is 15.5. The highest BCUT2D eigenvalue weighted by atomic mass is 79.9. The summed E-state index contributed by atoms with van der Waals surface area (Å²) in [5.74, 6) is -0.0421. The molecule has 6 heteroatoms. The van der Waals surface area contributed by atoms with Crippen molar-refractivity contribution in [3.63, 3.8) is 0 Å². The number of aromatic nitrogens is 1. The minimum atomic E-state index is -0.0676. The van der Waals surface area contributed by atoms with Crippen molar-refractivity contribution in [1.82, 2.24) is 14.8 Å². The molecule has 0 atom stereocenters. The maximum absolute atomic E-state index is 12.2. The van der Waals surface area contributed by atoms with E-state index in [9.17, 15) is 4.79 Å². The highest BCUT2D eigenvalue weighted by molar-refractivity contribution is 9.10. The molecule has 20 heavy (non-hydrogen) atoms. The zero-order chi connectivity index (χ0) is 14.8. The molecule has 1 saturated heterocycles. The predicted molar refractivity (Wildman–Crippen MR) is 81.9 cm³/mol. The van der Waals surface area contributed by atoms with Crippen molar-refractivity contribution in [2.45, 2.75) is 19.4 Å². The first-order chi connectivity index (χ1) is 9.40. The number of hydrogen-bond donors (Lipinski definition) is 1. The van der Waals surface area contributed by atoms with E-state index in [2.05, 4.69) is 40.0 Å². The molecule has 0 bridgehead atoms. The summed E-state index contributed by atoms with van der Waals surface area (Å²) < 4.78 is 8.11. The minimum Gasteiger partial charge on any atom is -0.379 e. The Kier molecular flexibility index (Phi) is 4.88. The van der Waals surface area contributed by atoms with Crippen molar-refractivity contribution in [3.05, 3.63) is 22.4 Å². The normalized spacial score (nSPS) is 17.2. The summed E-state index contributed by atoms with van der Waals surface area (Å²) in [6.07, 6.45) is 1.88. The molecule has 0 radical (unpaired) electrons. The number of hydrogen-bond acceptors (Lipinski definition) is 3. The van der Waals surface area contributed by atoms with Crippen LogP contribution < -0.4 is 5.32 Å². The number of carbonyl (C=O) groups excluding carboxylic acids is 1. The largest absolute Gasteiger partial charge is 0.379 e. The lowest BCUT2D eigenvalue weighted by Gasteiger charge is -2.40. The summed E-state index contributed by atoms with van der Waals surface area (Å²) in [6.45, 7) is 8.29. The molecule has 1 aromatic rings. The van der Waals surface area contributed by atoms with Crippen LogP contribution in [0.5, 0.6) is 0 Å². The number of nitrogens with one attached hydrogen (secondary N) is 1. The van der Waals surface area contributed by atoms with Crippen LogP contribution in [0, 0.1) is 0 Å². The topological polar surface area (TPSA) is 46.5 Å². The monoisotopic (exact) mass is 343 g/mol. The number of halogens is 1. The summed E-state index contributed by atoms with van der Waals surface area (Å²) in [6, 6.07) is 1.83. The molecule has 2 heterocycles. The fourth-order valence-corrected chi connectivity index (χ4v) is 2.94. The lowest BCUT2D eigenvalue weighted by atomic mass is 10.0. The van der Waals surface area contributed by atoms with Crippen LogP contribution in [0.3, 0.4) is 0 Å². The van der Waals surface area contributed by atoms with Crippen molar-refractivity contribution in [3.8, 4) is 0 Å². The number of morpholine rings is 1. The molecular weight excluding hydrogens is 322 g/mol. The van der Waals surface area contributed by atoms with Gasteiger partial charge >= 0.3 is 0 Å². The van der Waals surface area contributed by atoms with Gasteiger partial charge in [0.25, 0.3) is 5.91 Å². The van der Waals surface area contributed by atoms with Crippen LogP contribution in [-0.4, -0.2) is 53.8 Å². The zero-order valence-corrected chi connectivity index (χ0v) is 13.9. The molecule has 2 rings (SSSR count). The Hall–Kier alpha value is -0.850. The lowest BCUT2D eigenvalue weighted by molar-refractivity contribution is -0.00925. The third-order valence-corrected chi connectivity index (χ3v) is 4.19. The zero-order valence-electron chi connectivity index (χ0n) is 12.3. The fourth-order valence-electron chi connectivity index (χ4n) is 2.42. The van der Waals surface area contributed by atoms with Gasteiger partial charge < -0.3 is 14.6 Å². The second-order valence-corrected chi connectivity index (χ2v) is 6.66. The number of carbonyl (C=O) groups is 1. The van der Waals surface area contributed by atoms with E-state index < -0.39 is 0 Å². The average Bonchev–Trinajstić information content (AvgIpc) is 2.76. The van der Waals surface area contributed by atoms with Gasteiger partial charge in [-0.25, -0.2) is 0 Å². The standard InChI is InChI=1S/C14H22BrN3O2/c1-14(2,18-4-6-20-7-5-18)10-16-13(19)12-8-11(15)9-17(12)3/h8-9H,4-7,10H2,1-3H3,(H,16,19). The number of nitrogens with zero attached hydrogens (tertiary/aromatic N) is 2. The second kappa shape index (κ2) is 6.28. The highest BCUT2D eigenvalue weighted by Gasteiger charge is 2.28. The van der Waals surface area contributed by atoms with E-state index in [1.54, 1.807) is 0 Å². The van der Waals surface area contributed by atoms with Gasteiger partial charge in [-0.15, -0.1) is 0 Å². The molecule has 0 aromatic carbocycles. The van der Waals surface area contributed by atoms with E-state index in [1.165, 1.54) is 0 Å². The minimum absolute atomic E-state index is 0.0421. The maximum atomic E-state index is 12.2. The van der Waals surface area contributed by atoms with Crippen LogP contribution in [0.25, 0.3) is 0 Å². The Morgan fingerprint density at radius 2 is 2.10 bits per heavy atom. The van der Waals surface area contributed by atoms with Crippen molar-refractivity contribution in [1.29, 1.82) is 0 Å². The van der Waals surface area contributed by atoms with Gasteiger partial charge in [-0.3, -0.25) is 9.69 Å². The van der Waals surface area contributed by atoms with E-state index in [4.69, 9.17) is 4.74 Å². The van der Waals surface area contributed by atoms with Crippen LogP contribution in [-0.2, 0) is 11.8 Å². The summed E-state index contributed by atoms with van der Waals surface area (Å²) in [4.78, 5) is 14.6. The van der Waals surface area contributed by atoms with Gasteiger partial charge in [-0.1, -0.05) is 0 Å². The van der Waals surface area contributed by atoms with Gasteiger partial charge in [0.2, 0.25) is 0 Å². The Balaban J connectivity index is 1.93. The van der Waals surface area contributed by atoms with Gasteiger partial charge in [0.1, 0.15) is 5.69 Å². The van der Waals surface area contributed by atoms with E-state index in [1.807, 2.05) is 23.9 Å². The molecule has 0 unspecified atom stereocenters. The molecule has 1 N–H and O–H groups in total. The van der Waals surface area contributed by atoms with E-state index in [-0.39, 0.29) is 11.4 Å². The van der Waals surface area contributed by atoms with Crippen LogP contribution in [0.15, 0.2) is 16.7 Å². The Labute approximate surface area is 128 Å². The van der Waals surface area contributed by atoms with Crippen molar-refractivity contribution in [2.75, 3.05) is 32.8 Å². The lowest BCUT2D eigenvalue weighted by Crippen LogP contribution is -2.55. The SMILES string of the molecule is Cn1cc(Br)cc1C(=O)NCC(C)(C)N1CCOCC1. The molecular formula is C14H22BrN3O2. The van der Waals surface area contributed by atoms with Crippen molar-refractivity contribution < 1.29 is 9.53 Å². The Morgan fingerprint density at radius 1 is 1.45 bits per heavy atom. The molecule has 1 fully saturated rings. The van der Waals surface area contributed by atoms with Crippen LogP contribution in [0.4, 0.5) is 0 Å². The highest BCUT2D eigenvalue weighted by Crippen LogP contribution is 2.16. The quantitative estimate of drug-likeness (QED) is 0.903. The summed E-state index contributed by atoms with van der Waals surface area (Å²) in [5, 5.41) is 3.03. The van der Waals surface area contributed by atoms with Gasteiger partial charge in [0.15, 0.2) is 0 Å². The molecule has 112 valence electrons. The third kappa shape index (κ3) is 3.62. The Bertz CT molecular complexity index is 479. The maximum Gasteiger partial charge on any atom is 0.267 e. The van der Waals surface area contributed by atoms with Gasteiger partial charge in [-0.2, -0.15) is 0 Å². The predicted octanol–water partition coefficient (Wildman–Crippen LogP) is 1.63. The molecule has 1 amide bonds. The number of amides is 1. The van der Waals surface area contributed by atoms with Gasteiger partial charge in [0, 0.05) is 42.9 Å². The fraction of sp³-hybridized carbons (Fsp3) is 0.643. The van der Waals surface area contributed by atoms with E-state index in [0.29, 0.717) is 12.2 Å². The van der Waals surface area contributed by atoms with Crippen molar-refractivity contribution in [2.24, 2.45) is 7.05 Å². The summed E-state index contributed by atoms with van der Waals surface area (Å²) in [7, 11) is 1.87. The molecule has 0 saturated carbocycles. The van der Waals surface area contributed by atoms with Crippen LogP contribution in [0.2, 0.25) is 0 Å². The Morgan fingerprint density at radius 3 is 2.65 bits per heavy atom. The molecule has 1 aromatic heterocycles.